The molecule has 14 nitrogen and oxygen atoms in total. The Morgan fingerprint density at radius 3 is 2.82 bits per heavy atom. The minimum Gasteiger partial charge on any atom is -0.401 e. The molecule has 1 atom stereocenters. The first-order chi connectivity index (χ1) is 16.2. The molecule has 0 aliphatic rings. The van der Waals surface area contributed by atoms with Gasteiger partial charge in [-0.3, -0.25) is 24.0 Å². The van der Waals surface area contributed by atoms with Crippen molar-refractivity contribution in [2.45, 2.75) is 12.6 Å². The Kier molecular flexibility index (Phi) is 7.55. The normalized spacial score (nSPS) is 12.7. The molecule has 2 N–H and O–H groups in total. The largest absolute Gasteiger partial charge is 0.433 e. The fraction of sp³-hybridized carbons (Fsp3) is 0.300. The molecule has 3 heterocycles. The lowest BCUT2D eigenvalue weighted by molar-refractivity contribution is -0.402. The van der Waals surface area contributed by atoms with Crippen LogP contribution in [0.5, 0.6) is 0 Å². The van der Waals surface area contributed by atoms with Crippen molar-refractivity contribution >= 4 is 35.3 Å². The van der Waals surface area contributed by atoms with Gasteiger partial charge in [0, 0.05) is 20.3 Å². The number of furan rings is 1. The van der Waals surface area contributed by atoms with Gasteiger partial charge in [-0.1, -0.05) is 6.08 Å². The molecule has 0 aliphatic carbocycles. The molecular formula is C20H23N7O7. The topological polar surface area (TPSA) is 172 Å². The van der Waals surface area contributed by atoms with E-state index in [0.717, 1.165) is 4.57 Å². The summed E-state index contributed by atoms with van der Waals surface area (Å²) in [4.78, 5) is 39.4. The lowest BCUT2D eigenvalue weighted by atomic mass is 10.3. The van der Waals surface area contributed by atoms with Gasteiger partial charge in [-0.2, -0.15) is 10.1 Å². The van der Waals surface area contributed by atoms with E-state index < -0.39 is 22.3 Å². The second-order valence-electron chi connectivity index (χ2n) is 7.09. The molecule has 14 heteroatoms. The standard InChI is InChI=1S/C20H23N7O7/c1-4-10-33-12-13(28)11-26-16-17(24(2)20(30)25(3)18(16)29)22-19(26)23-21-9-5-6-14-7-8-15(34-14)27(31)32/h4-9,13,28H,1,10-12H2,2-3H3,(H,22,23). The quantitative estimate of drug-likeness (QED) is 0.133. The van der Waals surface area contributed by atoms with E-state index in [2.05, 4.69) is 22.1 Å². The number of nitro groups is 1. The molecule has 0 fully saturated rings. The summed E-state index contributed by atoms with van der Waals surface area (Å²) in [6.07, 6.45) is 4.81. The number of aryl methyl sites for hydroxylation is 1. The van der Waals surface area contributed by atoms with Crippen LogP contribution in [0.4, 0.5) is 11.8 Å². The minimum atomic E-state index is -0.988. The van der Waals surface area contributed by atoms with Gasteiger partial charge in [-0.15, -0.1) is 6.58 Å². The molecule has 3 aromatic heterocycles. The van der Waals surface area contributed by atoms with Crippen LogP contribution in [0.25, 0.3) is 17.2 Å². The third kappa shape index (κ3) is 5.19. The third-order valence-electron chi connectivity index (χ3n) is 4.67. The molecule has 0 aromatic carbocycles. The number of hydrogen-bond donors (Lipinski definition) is 2. The Morgan fingerprint density at radius 2 is 2.15 bits per heavy atom. The van der Waals surface area contributed by atoms with Crippen molar-refractivity contribution in [3.8, 4) is 0 Å². The van der Waals surface area contributed by atoms with E-state index in [1.165, 1.54) is 53.7 Å². The van der Waals surface area contributed by atoms with Crippen molar-refractivity contribution in [2.24, 2.45) is 19.2 Å². The number of aliphatic hydroxyl groups is 1. The predicted octanol–water partition coefficient (Wildman–Crippen LogP) is 0.609. The maximum atomic E-state index is 12.8. The zero-order valence-corrected chi connectivity index (χ0v) is 18.4. The van der Waals surface area contributed by atoms with E-state index >= 15 is 0 Å². The summed E-state index contributed by atoms with van der Waals surface area (Å²) in [5, 5.41) is 25.0. The van der Waals surface area contributed by atoms with E-state index in [4.69, 9.17) is 9.15 Å². The Morgan fingerprint density at radius 1 is 1.38 bits per heavy atom. The van der Waals surface area contributed by atoms with Crippen LogP contribution in [0.3, 0.4) is 0 Å². The Bertz CT molecular complexity index is 1380. The predicted molar refractivity (Wildman–Crippen MR) is 124 cm³/mol. The highest BCUT2D eigenvalue weighted by atomic mass is 16.6. The molecule has 0 amide bonds. The van der Waals surface area contributed by atoms with Crippen LogP contribution >= 0.6 is 0 Å². The summed E-state index contributed by atoms with van der Waals surface area (Å²) in [7, 11) is 2.82. The second kappa shape index (κ2) is 10.5. The zero-order chi connectivity index (χ0) is 24.8. The SMILES string of the molecule is C=CCOCC(O)Cn1c(NN=CC=Cc2ccc([N+](=O)[O-])o2)nc2c1c(=O)n(C)c(=O)n2C. The van der Waals surface area contributed by atoms with Crippen molar-refractivity contribution in [3.05, 3.63) is 67.6 Å². The first-order valence-corrected chi connectivity index (χ1v) is 9.97. The van der Waals surface area contributed by atoms with E-state index in [-0.39, 0.29) is 48.5 Å². The Balaban J connectivity index is 1.88. The first kappa shape index (κ1) is 24.3. The minimum absolute atomic E-state index is 0.0154. The van der Waals surface area contributed by atoms with Gasteiger partial charge >= 0.3 is 11.6 Å². The van der Waals surface area contributed by atoms with E-state index in [9.17, 15) is 24.8 Å². The van der Waals surface area contributed by atoms with Gasteiger partial charge < -0.3 is 18.8 Å². The van der Waals surface area contributed by atoms with Crippen molar-refractivity contribution < 1.29 is 19.2 Å². The summed E-state index contributed by atoms with van der Waals surface area (Å²) in [5.74, 6) is -0.0212. The number of anilines is 1. The maximum absolute atomic E-state index is 12.8. The van der Waals surface area contributed by atoms with E-state index in [1.807, 2.05) is 0 Å². The van der Waals surface area contributed by atoms with Crippen LogP contribution in [0, 0.1) is 10.1 Å². The van der Waals surface area contributed by atoms with Crippen LogP contribution in [0.1, 0.15) is 5.76 Å². The molecule has 34 heavy (non-hydrogen) atoms. The highest BCUT2D eigenvalue weighted by Gasteiger charge is 2.21. The lowest BCUT2D eigenvalue weighted by Crippen LogP contribution is -2.38. The van der Waals surface area contributed by atoms with E-state index in [1.54, 1.807) is 6.08 Å². The highest BCUT2D eigenvalue weighted by molar-refractivity contribution is 5.79. The number of rotatable bonds is 11. The van der Waals surface area contributed by atoms with Crippen molar-refractivity contribution in [1.82, 2.24) is 18.7 Å². The van der Waals surface area contributed by atoms with Gasteiger partial charge in [-0.05, 0) is 18.2 Å². The fourth-order valence-corrected chi connectivity index (χ4v) is 3.07. The molecule has 0 saturated carbocycles. The summed E-state index contributed by atoms with van der Waals surface area (Å²) >= 11 is 0. The number of nitrogens with zero attached hydrogens (tertiary/aromatic N) is 6. The average Bonchev–Trinajstić information content (AvgIpc) is 3.42. The second-order valence-corrected chi connectivity index (χ2v) is 7.09. The zero-order valence-electron chi connectivity index (χ0n) is 18.4. The smallest absolute Gasteiger partial charge is 0.401 e. The summed E-state index contributed by atoms with van der Waals surface area (Å²) in [6, 6.07) is 2.66. The molecular weight excluding hydrogens is 450 g/mol. The number of hydrazone groups is 1. The molecule has 0 aliphatic heterocycles. The van der Waals surface area contributed by atoms with Crippen LogP contribution in [-0.2, 0) is 25.4 Å². The van der Waals surface area contributed by atoms with Gasteiger partial charge in [-0.25, -0.2) is 10.2 Å². The van der Waals surface area contributed by atoms with Gasteiger partial charge in [0.05, 0.1) is 31.9 Å². The fourth-order valence-electron chi connectivity index (χ4n) is 3.07. The average molecular weight is 473 g/mol. The number of fused-ring (bicyclic) bond motifs is 1. The molecule has 3 aromatic rings. The van der Waals surface area contributed by atoms with Crippen LogP contribution in [0.2, 0.25) is 0 Å². The molecule has 0 bridgehead atoms. The summed E-state index contributed by atoms with van der Waals surface area (Å²) in [5.41, 5.74) is 1.76. The first-order valence-electron chi connectivity index (χ1n) is 9.97. The van der Waals surface area contributed by atoms with Crippen LogP contribution in [-0.4, -0.2) is 54.2 Å². The molecule has 0 saturated heterocycles. The van der Waals surface area contributed by atoms with Gasteiger partial charge in [0.15, 0.2) is 11.2 Å². The van der Waals surface area contributed by atoms with Crippen molar-refractivity contribution in [1.29, 1.82) is 0 Å². The number of aliphatic hydroxyl groups excluding tert-OH is 1. The molecule has 1 unspecified atom stereocenters. The Hall–Kier alpha value is -4.30. The third-order valence-corrected chi connectivity index (χ3v) is 4.67. The van der Waals surface area contributed by atoms with Crippen molar-refractivity contribution in [2.75, 3.05) is 18.6 Å². The van der Waals surface area contributed by atoms with Crippen LogP contribution < -0.4 is 16.7 Å². The Labute approximate surface area is 191 Å². The maximum Gasteiger partial charge on any atom is 0.433 e. The molecule has 180 valence electrons. The monoisotopic (exact) mass is 473 g/mol. The number of hydrogen-bond acceptors (Lipinski definition) is 10. The van der Waals surface area contributed by atoms with Gasteiger partial charge in [0.1, 0.15) is 10.7 Å². The molecule has 0 radical (unpaired) electrons. The van der Waals surface area contributed by atoms with Gasteiger partial charge in [0.2, 0.25) is 5.95 Å². The highest BCUT2D eigenvalue weighted by Crippen LogP contribution is 2.17. The lowest BCUT2D eigenvalue weighted by Gasteiger charge is -2.14. The summed E-state index contributed by atoms with van der Waals surface area (Å²) < 4.78 is 13.8. The summed E-state index contributed by atoms with van der Waals surface area (Å²) in [6.45, 7) is 3.71. The number of aromatic nitrogens is 4. The number of ether oxygens (including phenoxy) is 1. The van der Waals surface area contributed by atoms with Crippen molar-refractivity contribution in [3.63, 3.8) is 0 Å². The number of allylic oxidation sites excluding steroid dienone is 1. The van der Waals surface area contributed by atoms with Crippen LogP contribution in [0.15, 0.2) is 50.0 Å². The number of imidazole rings is 1. The number of nitrogens with one attached hydrogen (secondary N) is 1. The van der Waals surface area contributed by atoms with Gasteiger partial charge in [0.25, 0.3) is 5.56 Å². The van der Waals surface area contributed by atoms with E-state index in [0.29, 0.717) is 0 Å². The molecule has 0 spiro atoms. The molecule has 3 rings (SSSR count).